The molecule has 3 aromatic rings. The molecule has 0 atom stereocenters. The summed E-state index contributed by atoms with van der Waals surface area (Å²) in [5.74, 6) is 0.961. The molecule has 7 heteroatoms. The number of benzene rings is 2. The Morgan fingerprint density at radius 3 is 2.81 bits per heavy atom. The number of rotatable bonds is 3. The number of fused-ring (bicyclic) bond motifs is 1. The number of non-ortho nitro benzene ring substituents is 1. The molecule has 3 rings (SSSR count). The fraction of sp³-hybridized carbons (Fsp3) is 0.0714. The average Bonchev–Trinajstić information content (AvgIpc) is 2.89. The first-order valence-corrected chi connectivity index (χ1v) is 6.76. The predicted octanol–water partition coefficient (Wildman–Crippen LogP) is 4.17. The number of oxazole rings is 1. The van der Waals surface area contributed by atoms with Crippen molar-refractivity contribution in [2.75, 3.05) is 7.11 Å². The molecule has 1 heterocycles. The van der Waals surface area contributed by atoms with Crippen LogP contribution in [0.5, 0.6) is 5.75 Å². The van der Waals surface area contributed by atoms with Gasteiger partial charge in [-0.2, -0.15) is 0 Å². The lowest BCUT2D eigenvalue weighted by Gasteiger charge is -2.05. The lowest BCUT2D eigenvalue weighted by atomic mass is 10.2. The van der Waals surface area contributed by atoms with E-state index in [1.165, 1.54) is 12.1 Å². The molecule has 0 saturated carbocycles. The number of nitrogens with zero attached hydrogens (tertiary/aromatic N) is 2. The smallest absolute Gasteiger partial charge is 0.273 e. The topological polar surface area (TPSA) is 78.4 Å². The van der Waals surface area contributed by atoms with Crippen molar-refractivity contribution >= 4 is 32.7 Å². The second-order valence-corrected chi connectivity index (χ2v) is 5.19. The largest absolute Gasteiger partial charge is 0.496 e. The van der Waals surface area contributed by atoms with Crippen LogP contribution in [0.3, 0.4) is 0 Å². The van der Waals surface area contributed by atoms with E-state index >= 15 is 0 Å². The second kappa shape index (κ2) is 5.17. The third-order valence-electron chi connectivity index (χ3n) is 2.97. The minimum Gasteiger partial charge on any atom is -0.496 e. The SMILES string of the molecule is COc1ccc(Br)cc1-c1nc2ccc([N+](=O)[O-])cc2o1. The Morgan fingerprint density at radius 1 is 1.29 bits per heavy atom. The molecule has 0 N–H and O–H groups in total. The van der Waals surface area contributed by atoms with E-state index in [1.54, 1.807) is 19.2 Å². The average molecular weight is 349 g/mol. The van der Waals surface area contributed by atoms with Crippen LogP contribution in [0.25, 0.3) is 22.6 Å². The van der Waals surface area contributed by atoms with Gasteiger partial charge in [-0.05, 0) is 24.3 Å². The Kier molecular flexibility index (Phi) is 3.34. The molecule has 0 radical (unpaired) electrons. The normalized spacial score (nSPS) is 10.8. The highest BCUT2D eigenvalue weighted by Gasteiger charge is 2.16. The van der Waals surface area contributed by atoms with E-state index in [0.29, 0.717) is 28.3 Å². The molecule has 0 unspecified atom stereocenters. The Hall–Kier alpha value is -2.41. The van der Waals surface area contributed by atoms with Gasteiger partial charge >= 0.3 is 0 Å². The minimum absolute atomic E-state index is 0.0357. The molecule has 0 aliphatic carbocycles. The van der Waals surface area contributed by atoms with Crippen molar-refractivity contribution in [1.29, 1.82) is 0 Å². The Balaban J connectivity index is 2.17. The molecule has 106 valence electrons. The Morgan fingerprint density at radius 2 is 2.10 bits per heavy atom. The van der Waals surface area contributed by atoms with Gasteiger partial charge in [0.1, 0.15) is 11.3 Å². The van der Waals surface area contributed by atoms with Gasteiger partial charge in [-0.15, -0.1) is 0 Å². The van der Waals surface area contributed by atoms with Gasteiger partial charge in [0.2, 0.25) is 5.89 Å². The van der Waals surface area contributed by atoms with Crippen molar-refractivity contribution in [2.24, 2.45) is 0 Å². The molecule has 0 aliphatic heterocycles. The van der Waals surface area contributed by atoms with E-state index in [9.17, 15) is 10.1 Å². The number of ether oxygens (including phenoxy) is 1. The maximum Gasteiger partial charge on any atom is 0.273 e. The molecule has 6 nitrogen and oxygen atoms in total. The summed E-state index contributed by atoms with van der Waals surface area (Å²) in [6.07, 6.45) is 0. The van der Waals surface area contributed by atoms with E-state index in [0.717, 1.165) is 4.47 Å². The monoisotopic (exact) mass is 348 g/mol. The molecule has 0 aliphatic rings. The zero-order valence-corrected chi connectivity index (χ0v) is 12.5. The molecule has 2 aromatic carbocycles. The third-order valence-corrected chi connectivity index (χ3v) is 3.47. The number of hydrogen-bond donors (Lipinski definition) is 0. The van der Waals surface area contributed by atoms with Crippen LogP contribution in [0, 0.1) is 10.1 Å². The first-order valence-electron chi connectivity index (χ1n) is 5.97. The van der Waals surface area contributed by atoms with E-state index in [1.807, 2.05) is 12.1 Å². The van der Waals surface area contributed by atoms with E-state index in [2.05, 4.69) is 20.9 Å². The van der Waals surface area contributed by atoms with Crippen LogP contribution >= 0.6 is 15.9 Å². The molecule has 21 heavy (non-hydrogen) atoms. The lowest BCUT2D eigenvalue weighted by molar-refractivity contribution is -0.384. The van der Waals surface area contributed by atoms with Crippen LogP contribution in [-0.4, -0.2) is 17.0 Å². The number of halogens is 1. The molecule has 0 spiro atoms. The van der Waals surface area contributed by atoms with Gasteiger partial charge in [0, 0.05) is 10.5 Å². The summed E-state index contributed by atoms with van der Waals surface area (Å²) < 4.78 is 11.8. The number of methoxy groups -OCH3 is 1. The fourth-order valence-electron chi connectivity index (χ4n) is 1.99. The van der Waals surface area contributed by atoms with Crippen molar-refractivity contribution in [1.82, 2.24) is 4.98 Å². The zero-order valence-electron chi connectivity index (χ0n) is 10.9. The van der Waals surface area contributed by atoms with Crippen molar-refractivity contribution in [2.45, 2.75) is 0 Å². The first kappa shape index (κ1) is 13.6. The van der Waals surface area contributed by atoms with E-state index < -0.39 is 4.92 Å². The highest BCUT2D eigenvalue weighted by molar-refractivity contribution is 9.10. The molecular weight excluding hydrogens is 340 g/mol. The molecular formula is C14H9BrN2O4. The first-order chi connectivity index (χ1) is 10.1. The molecule has 0 fully saturated rings. The minimum atomic E-state index is -0.471. The summed E-state index contributed by atoms with van der Waals surface area (Å²) in [6.45, 7) is 0. The summed E-state index contributed by atoms with van der Waals surface area (Å²) >= 11 is 3.38. The molecule has 0 saturated heterocycles. The van der Waals surface area contributed by atoms with E-state index in [4.69, 9.17) is 9.15 Å². The third kappa shape index (κ3) is 2.47. The molecule has 0 bridgehead atoms. The quantitative estimate of drug-likeness (QED) is 0.524. The number of nitro groups is 1. The van der Waals surface area contributed by atoms with Gasteiger partial charge in [0.25, 0.3) is 5.69 Å². The van der Waals surface area contributed by atoms with Crippen LogP contribution in [0.15, 0.2) is 45.3 Å². The van der Waals surface area contributed by atoms with Crippen molar-refractivity contribution in [3.8, 4) is 17.2 Å². The summed E-state index contributed by atoms with van der Waals surface area (Å²) in [5, 5.41) is 10.8. The lowest BCUT2D eigenvalue weighted by Crippen LogP contribution is -1.87. The number of nitro benzene ring substituents is 1. The van der Waals surface area contributed by atoms with Gasteiger partial charge in [0.05, 0.1) is 23.7 Å². The van der Waals surface area contributed by atoms with Crippen LogP contribution < -0.4 is 4.74 Å². The van der Waals surface area contributed by atoms with Gasteiger partial charge in [0.15, 0.2) is 5.58 Å². The van der Waals surface area contributed by atoms with Crippen LogP contribution in [0.1, 0.15) is 0 Å². The Bertz CT molecular complexity index is 844. The van der Waals surface area contributed by atoms with Gasteiger partial charge in [-0.1, -0.05) is 15.9 Å². The van der Waals surface area contributed by atoms with Gasteiger partial charge in [-0.25, -0.2) is 4.98 Å². The number of hydrogen-bond acceptors (Lipinski definition) is 5. The zero-order chi connectivity index (χ0) is 15.0. The van der Waals surface area contributed by atoms with Crippen molar-refractivity contribution in [3.05, 3.63) is 51.0 Å². The van der Waals surface area contributed by atoms with Gasteiger partial charge in [-0.3, -0.25) is 10.1 Å². The standard InChI is InChI=1S/C14H9BrN2O4/c1-20-12-5-2-8(15)6-10(12)14-16-11-4-3-9(17(18)19)7-13(11)21-14/h2-7H,1H3. The van der Waals surface area contributed by atoms with Crippen molar-refractivity contribution < 1.29 is 14.1 Å². The van der Waals surface area contributed by atoms with E-state index in [-0.39, 0.29) is 5.69 Å². The maximum absolute atomic E-state index is 10.8. The Labute approximate surface area is 127 Å². The molecule has 0 amide bonds. The number of aromatic nitrogens is 1. The van der Waals surface area contributed by atoms with Crippen LogP contribution in [-0.2, 0) is 0 Å². The highest BCUT2D eigenvalue weighted by atomic mass is 79.9. The summed E-state index contributed by atoms with van der Waals surface area (Å²) in [7, 11) is 1.56. The second-order valence-electron chi connectivity index (χ2n) is 4.27. The van der Waals surface area contributed by atoms with Crippen LogP contribution in [0.4, 0.5) is 5.69 Å². The maximum atomic E-state index is 10.8. The van der Waals surface area contributed by atoms with Gasteiger partial charge < -0.3 is 9.15 Å². The highest BCUT2D eigenvalue weighted by Crippen LogP contribution is 2.34. The van der Waals surface area contributed by atoms with Crippen molar-refractivity contribution in [3.63, 3.8) is 0 Å². The molecule has 1 aromatic heterocycles. The van der Waals surface area contributed by atoms with Crippen LogP contribution in [0.2, 0.25) is 0 Å². The summed E-state index contributed by atoms with van der Waals surface area (Å²) in [5.41, 5.74) is 1.55. The fourth-order valence-corrected chi connectivity index (χ4v) is 2.35. The summed E-state index contributed by atoms with van der Waals surface area (Å²) in [6, 6.07) is 9.76. The predicted molar refractivity (Wildman–Crippen MR) is 80.4 cm³/mol. The summed E-state index contributed by atoms with van der Waals surface area (Å²) in [4.78, 5) is 14.7.